The second kappa shape index (κ2) is 4.81. The molecule has 1 aromatic heterocycles. The molecule has 2 aromatic carbocycles. The highest BCUT2D eigenvalue weighted by atomic mass is 16.5. The van der Waals surface area contributed by atoms with E-state index in [1.54, 1.807) is 0 Å². The third-order valence-corrected chi connectivity index (χ3v) is 3.91. The normalized spacial score (nSPS) is 17.3. The van der Waals surface area contributed by atoms with Crippen LogP contribution in [0.3, 0.4) is 0 Å². The number of nitrogens with one attached hydrogen (secondary N) is 2. The lowest BCUT2D eigenvalue weighted by Crippen LogP contribution is -2.21. The van der Waals surface area contributed by atoms with Crippen LogP contribution in [-0.2, 0) is 0 Å². The number of hydrogen-bond donors (Lipinski definition) is 2. The molecule has 0 radical (unpaired) electrons. The van der Waals surface area contributed by atoms with Gasteiger partial charge in [-0.3, -0.25) is 0 Å². The molecule has 1 unspecified atom stereocenters. The van der Waals surface area contributed by atoms with Crippen LogP contribution in [0.4, 0.5) is 5.95 Å². The zero-order valence-corrected chi connectivity index (χ0v) is 11.9. The standard InChI is InChI=1S/C17H17N3O/c1-11-6-7-16-12(10-11)13(8-9-21-16)18-17-19-14-4-2-3-5-15(14)20-17/h2-7,10,13H,8-9H2,1H3,(H2,18,19,20). The first-order valence-corrected chi connectivity index (χ1v) is 7.24. The third kappa shape index (κ3) is 2.23. The third-order valence-electron chi connectivity index (χ3n) is 3.91. The van der Waals surface area contributed by atoms with Gasteiger partial charge >= 0.3 is 0 Å². The molecule has 0 saturated carbocycles. The van der Waals surface area contributed by atoms with Gasteiger partial charge in [0, 0.05) is 12.0 Å². The molecule has 4 nitrogen and oxygen atoms in total. The monoisotopic (exact) mass is 279 g/mol. The van der Waals surface area contributed by atoms with Gasteiger partial charge in [-0.15, -0.1) is 0 Å². The number of ether oxygens (including phenoxy) is 1. The van der Waals surface area contributed by atoms with Gasteiger partial charge in [0.15, 0.2) is 0 Å². The van der Waals surface area contributed by atoms with Crippen molar-refractivity contribution in [1.29, 1.82) is 0 Å². The summed E-state index contributed by atoms with van der Waals surface area (Å²) in [6.07, 6.45) is 0.938. The Kier molecular flexibility index (Phi) is 2.81. The Morgan fingerprint density at radius 3 is 3.05 bits per heavy atom. The Bertz CT molecular complexity index is 761. The fraction of sp³-hybridized carbons (Fsp3) is 0.235. The molecule has 1 atom stereocenters. The Hall–Kier alpha value is -2.49. The predicted molar refractivity (Wildman–Crippen MR) is 83.7 cm³/mol. The molecule has 4 rings (SSSR count). The second-order valence-electron chi connectivity index (χ2n) is 5.48. The molecule has 0 fully saturated rings. The van der Waals surface area contributed by atoms with Gasteiger partial charge < -0.3 is 15.0 Å². The highest BCUT2D eigenvalue weighted by Crippen LogP contribution is 2.34. The number of rotatable bonds is 2. The van der Waals surface area contributed by atoms with Crippen molar-refractivity contribution < 1.29 is 4.74 Å². The zero-order valence-electron chi connectivity index (χ0n) is 11.9. The summed E-state index contributed by atoms with van der Waals surface area (Å²) in [4.78, 5) is 7.92. The largest absolute Gasteiger partial charge is 0.493 e. The van der Waals surface area contributed by atoms with Crippen LogP contribution in [-0.4, -0.2) is 16.6 Å². The molecular weight excluding hydrogens is 262 g/mol. The Morgan fingerprint density at radius 2 is 2.14 bits per heavy atom. The van der Waals surface area contributed by atoms with Crippen LogP contribution in [0.1, 0.15) is 23.6 Å². The summed E-state index contributed by atoms with van der Waals surface area (Å²) >= 11 is 0. The summed E-state index contributed by atoms with van der Waals surface area (Å²) in [5.74, 6) is 1.79. The number of imidazole rings is 1. The summed E-state index contributed by atoms with van der Waals surface area (Å²) < 4.78 is 5.73. The van der Waals surface area contributed by atoms with Crippen LogP contribution in [0.5, 0.6) is 5.75 Å². The molecule has 2 heterocycles. The van der Waals surface area contributed by atoms with Gasteiger partial charge in [-0.2, -0.15) is 0 Å². The highest BCUT2D eigenvalue weighted by molar-refractivity contribution is 5.77. The predicted octanol–water partition coefficient (Wildman–Crippen LogP) is 3.81. The van der Waals surface area contributed by atoms with Crippen molar-refractivity contribution in [2.24, 2.45) is 0 Å². The van der Waals surface area contributed by atoms with E-state index in [-0.39, 0.29) is 6.04 Å². The van der Waals surface area contributed by atoms with Crippen molar-refractivity contribution >= 4 is 17.0 Å². The van der Waals surface area contributed by atoms with Crippen LogP contribution < -0.4 is 10.1 Å². The Morgan fingerprint density at radius 1 is 1.24 bits per heavy atom. The lowest BCUT2D eigenvalue weighted by molar-refractivity contribution is 0.274. The number of anilines is 1. The Labute approximate surface area is 123 Å². The number of benzene rings is 2. The van der Waals surface area contributed by atoms with E-state index in [0.29, 0.717) is 0 Å². The van der Waals surface area contributed by atoms with Gasteiger partial charge in [-0.25, -0.2) is 4.98 Å². The molecule has 1 aliphatic rings. The molecule has 4 heteroatoms. The summed E-state index contributed by atoms with van der Waals surface area (Å²) in [7, 11) is 0. The first-order chi connectivity index (χ1) is 10.3. The van der Waals surface area contributed by atoms with Crippen molar-refractivity contribution in [1.82, 2.24) is 9.97 Å². The van der Waals surface area contributed by atoms with Crippen molar-refractivity contribution in [2.75, 3.05) is 11.9 Å². The van der Waals surface area contributed by atoms with Crippen molar-refractivity contribution in [3.8, 4) is 5.75 Å². The number of nitrogens with zero attached hydrogens (tertiary/aromatic N) is 1. The first-order valence-electron chi connectivity index (χ1n) is 7.24. The molecular formula is C17H17N3O. The average molecular weight is 279 g/mol. The zero-order chi connectivity index (χ0) is 14.2. The maximum absolute atomic E-state index is 5.73. The van der Waals surface area contributed by atoms with E-state index in [2.05, 4.69) is 40.4 Å². The van der Waals surface area contributed by atoms with Crippen molar-refractivity contribution in [3.63, 3.8) is 0 Å². The summed E-state index contributed by atoms with van der Waals surface area (Å²) in [5, 5.41) is 3.51. The summed E-state index contributed by atoms with van der Waals surface area (Å²) in [6.45, 7) is 2.83. The Balaban J connectivity index is 1.67. The molecule has 2 N–H and O–H groups in total. The van der Waals surface area contributed by atoms with Crippen molar-refractivity contribution in [3.05, 3.63) is 53.6 Å². The van der Waals surface area contributed by atoms with Gasteiger partial charge in [-0.1, -0.05) is 29.8 Å². The van der Waals surface area contributed by atoms with Gasteiger partial charge in [0.1, 0.15) is 5.75 Å². The fourth-order valence-electron chi connectivity index (χ4n) is 2.85. The number of aromatic amines is 1. The maximum Gasteiger partial charge on any atom is 0.201 e. The minimum atomic E-state index is 0.231. The van der Waals surface area contributed by atoms with Gasteiger partial charge in [0.05, 0.1) is 23.7 Å². The smallest absolute Gasteiger partial charge is 0.201 e. The second-order valence-corrected chi connectivity index (χ2v) is 5.48. The van der Waals surface area contributed by atoms with Gasteiger partial charge in [-0.05, 0) is 25.1 Å². The number of fused-ring (bicyclic) bond motifs is 2. The first kappa shape index (κ1) is 12.3. The van der Waals surface area contributed by atoms with E-state index in [9.17, 15) is 0 Å². The topological polar surface area (TPSA) is 49.9 Å². The van der Waals surface area contributed by atoms with E-state index < -0.39 is 0 Å². The van der Waals surface area contributed by atoms with Crippen LogP contribution in [0, 0.1) is 6.92 Å². The fourth-order valence-corrected chi connectivity index (χ4v) is 2.85. The molecule has 106 valence electrons. The minimum absolute atomic E-state index is 0.231. The van der Waals surface area contributed by atoms with Crippen LogP contribution in [0.15, 0.2) is 42.5 Å². The van der Waals surface area contributed by atoms with E-state index in [1.807, 2.05) is 24.3 Å². The van der Waals surface area contributed by atoms with Crippen LogP contribution >= 0.6 is 0 Å². The molecule has 0 spiro atoms. The van der Waals surface area contributed by atoms with E-state index in [0.717, 1.165) is 35.8 Å². The SMILES string of the molecule is Cc1ccc2c(c1)C(Nc1nc3ccccc3[nH]1)CCO2. The number of H-pyrrole nitrogens is 1. The van der Waals surface area contributed by atoms with Gasteiger partial charge in [0.2, 0.25) is 5.95 Å². The number of para-hydroxylation sites is 2. The number of aryl methyl sites for hydroxylation is 1. The maximum atomic E-state index is 5.73. The quantitative estimate of drug-likeness (QED) is 0.750. The average Bonchev–Trinajstić information content (AvgIpc) is 2.90. The molecule has 21 heavy (non-hydrogen) atoms. The molecule has 0 aliphatic carbocycles. The molecule has 0 saturated heterocycles. The van der Waals surface area contributed by atoms with Crippen LogP contribution in [0.25, 0.3) is 11.0 Å². The highest BCUT2D eigenvalue weighted by Gasteiger charge is 2.22. The lowest BCUT2D eigenvalue weighted by Gasteiger charge is -2.26. The molecule has 0 amide bonds. The summed E-state index contributed by atoms with van der Waals surface area (Å²) in [5.41, 5.74) is 4.49. The van der Waals surface area contributed by atoms with Crippen molar-refractivity contribution in [2.45, 2.75) is 19.4 Å². The van der Waals surface area contributed by atoms with Crippen LogP contribution in [0.2, 0.25) is 0 Å². The van der Waals surface area contributed by atoms with E-state index >= 15 is 0 Å². The summed E-state index contributed by atoms with van der Waals surface area (Å²) in [6, 6.07) is 14.6. The van der Waals surface area contributed by atoms with E-state index in [4.69, 9.17) is 4.74 Å². The molecule has 1 aliphatic heterocycles. The lowest BCUT2D eigenvalue weighted by atomic mass is 9.99. The van der Waals surface area contributed by atoms with Gasteiger partial charge in [0.25, 0.3) is 0 Å². The number of aromatic nitrogens is 2. The molecule has 0 bridgehead atoms. The minimum Gasteiger partial charge on any atom is -0.493 e. The molecule has 3 aromatic rings. The number of hydrogen-bond acceptors (Lipinski definition) is 3. The van der Waals surface area contributed by atoms with E-state index in [1.165, 1.54) is 11.1 Å².